The Labute approximate surface area is 144 Å². The van der Waals surface area contributed by atoms with Gasteiger partial charge in [-0.15, -0.1) is 0 Å². The van der Waals surface area contributed by atoms with E-state index < -0.39 is 5.82 Å². The Morgan fingerprint density at radius 1 is 1.28 bits per heavy atom. The number of halogens is 2. The van der Waals surface area contributed by atoms with E-state index in [0.29, 0.717) is 36.2 Å². The molecule has 2 aromatic carbocycles. The molecular formula is C19H18F2N2O2. The molecule has 0 aromatic heterocycles. The highest BCUT2D eigenvalue weighted by molar-refractivity contribution is 6.08. The fourth-order valence-electron chi connectivity index (χ4n) is 2.77. The van der Waals surface area contributed by atoms with Gasteiger partial charge in [0.05, 0.1) is 12.0 Å². The molecule has 0 aliphatic carbocycles. The molecule has 1 heterocycles. The van der Waals surface area contributed by atoms with E-state index in [4.69, 9.17) is 10.5 Å². The zero-order valence-electron chi connectivity index (χ0n) is 13.5. The summed E-state index contributed by atoms with van der Waals surface area (Å²) in [6.45, 7) is 0.521. The molecular weight excluding hydrogens is 326 g/mol. The lowest BCUT2D eigenvalue weighted by Crippen LogP contribution is -2.38. The van der Waals surface area contributed by atoms with Gasteiger partial charge in [-0.1, -0.05) is 12.1 Å². The highest BCUT2D eigenvalue weighted by atomic mass is 19.1. The monoisotopic (exact) mass is 344 g/mol. The number of nitrogens with two attached hydrogens (primary N) is 1. The van der Waals surface area contributed by atoms with Crippen molar-refractivity contribution >= 4 is 11.6 Å². The molecule has 3 rings (SSSR count). The predicted octanol–water partition coefficient (Wildman–Crippen LogP) is 3.22. The van der Waals surface area contributed by atoms with Crippen LogP contribution in [-0.4, -0.2) is 25.6 Å². The minimum atomic E-state index is -0.424. The van der Waals surface area contributed by atoms with Gasteiger partial charge in [0, 0.05) is 24.2 Å². The first-order valence-electron chi connectivity index (χ1n) is 7.94. The molecule has 0 saturated heterocycles. The summed E-state index contributed by atoms with van der Waals surface area (Å²) in [4.78, 5) is 14.1. The van der Waals surface area contributed by atoms with Gasteiger partial charge in [0.25, 0.3) is 5.91 Å². The van der Waals surface area contributed by atoms with Gasteiger partial charge >= 0.3 is 0 Å². The number of nitrogens with zero attached hydrogens (tertiary/aromatic N) is 1. The minimum absolute atomic E-state index is 0.0566. The van der Waals surface area contributed by atoms with Gasteiger partial charge in [-0.3, -0.25) is 4.79 Å². The second-order valence-corrected chi connectivity index (χ2v) is 5.74. The number of benzene rings is 2. The van der Waals surface area contributed by atoms with E-state index in [-0.39, 0.29) is 24.7 Å². The molecule has 0 radical (unpaired) electrons. The lowest BCUT2D eigenvalue weighted by Gasteiger charge is -2.29. The molecule has 1 aliphatic rings. The molecule has 1 aliphatic heterocycles. The molecule has 0 bridgehead atoms. The molecule has 1 amide bonds. The first-order chi connectivity index (χ1) is 12.1. The molecule has 0 unspecified atom stereocenters. The lowest BCUT2D eigenvalue weighted by molar-refractivity contribution is 0.0979. The van der Waals surface area contributed by atoms with Crippen molar-refractivity contribution in [3.63, 3.8) is 0 Å². The highest BCUT2D eigenvalue weighted by Crippen LogP contribution is 2.28. The van der Waals surface area contributed by atoms with Crippen LogP contribution in [-0.2, 0) is 6.42 Å². The summed E-state index contributed by atoms with van der Waals surface area (Å²) in [5.74, 6) is -0.130. The Morgan fingerprint density at radius 2 is 2.08 bits per heavy atom. The Kier molecular flexibility index (Phi) is 5.09. The number of carbonyl (C=O) groups excluding carboxylic acids is 1. The first kappa shape index (κ1) is 17.1. The smallest absolute Gasteiger partial charge is 0.258 e. The van der Waals surface area contributed by atoms with E-state index in [0.717, 1.165) is 5.56 Å². The maximum Gasteiger partial charge on any atom is 0.258 e. The standard InChI is InChI=1S/C19H18F2N2O2/c20-10-13(11-22)12-25-15-5-6-16-14(9-15)7-8-23(19(16)24)18-4-2-1-3-17(18)21/h1-6,9-10H,7-8,11-12,22H2/b13-10-. The normalized spacial score (nSPS) is 14.4. The van der Waals surface area contributed by atoms with Gasteiger partial charge in [0.2, 0.25) is 0 Å². The third-order valence-corrected chi connectivity index (χ3v) is 4.14. The van der Waals surface area contributed by atoms with Crippen LogP contribution in [0, 0.1) is 5.82 Å². The van der Waals surface area contributed by atoms with Crippen LogP contribution in [0.2, 0.25) is 0 Å². The predicted molar refractivity (Wildman–Crippen MR) is 92.0 cm³/mol. The van der Waals surface area contributed by atoms with Crippen LogP contribution in [0.5, 0.6) is 5.75 Å². The Morgan fingerprint density at radius 3 is 2.80 bits per heavy atom. The van der Waals surface area contributed by atoms with Gasteiger partial charge in [-0.25, -0.2) is 8.78 Å². The topological polar surface area (TPSA) is 55.6 Å². The number of rotatable bonds is 5. The third kappa shape index (κ3) is 3.53. The SMILES string of the molecule is NC/C(=C/F)COc1ccc2c(c1)CCN(c1ccccc1F)C2=O. The fourth-order valence-corrected chi connectivity index (χ4v) is 2.77. The second kappa shape index (κ2) is 7.44. The van der Waals surface area contributed by atoms with Crippen molar-refractivity contribution in [3.8, 4) is 5.75 Å². The lowest BCUT2D eigenvalue weighted by atomic mass is 9.98. The molecule has 0 fully saturated rings. The van der Waals surface area contributed by atoms with Crippen molar-refractivity contribution in [2.75, 3.05) is 24.6 Å². The molecule has 0 spiro atoms. The molecule has 25 heavy (non-hydrogen) atoms. The van der Waals surface area contributed by atoms with E-state index in [2.05, 4.69) is 0 Å². The van der Waals surface area contributed by atoms with E-state index in [1.165, 1.54) is 11.0 Å². The van der Waals surface area contributed by atoms with E-state index in [1.807, 2.05) is 0 Å². The van der Waals surface area contributed by atoms with Gasteiger partial charge in [0.1, 0.15) is 18.2 Å². The zero-order valence-corrected chi connectivity index (χ0v) is 13.5. The maximum atomic E-state index is 14.0. The summed E-state index contributed by atoms with van der Waals surface area (Å²) in [6, 6.07) is 11.3. The summed E-state index contributed by atoms with van der Waals surface area (Å²) in [6.07, 6.45) is 1.02. The largest absolute Gasteiger partial charge is 0.489 e. The van der Waals surface area contributed by atoms with Gasteiger partial charge in [-0.05, 0) is 42.3 Å². The number of amides is 1. The van der Waals surface area contributed by atoms with Crippen LogP contribution in [0.3, 0.4) is 0 Å². The molecule has 0 atom stereocenters. The van der Waals surface area contributed by atoms with Crippen LogP contribution < -0.4 is 15.4 Å². The number of anilines is 1. The number of ether oxygens (including phenoxy) is 1. The summed E-state index contributed by atoms with van der Waals surface area (Å²) in [5, 5.41) is 0. The minimum Gasteiger partial charge on any atom is -0.489 e. The van der Waals surface area contributed by atoms with Gasteiger partial charge in [0.15, 0.2) is 0 Å². The molecule has 6 heteroatoms. The van der Waals surface area contributed by atoms with Crippen molar-refractivity contribution in [1.82, 2.24) is 0 Å². The molecule has 2 N–H and O–H groups in total. The molecule has 0 saturated carbocycles. The Balaban J connectivity index is 1.80. The average Bonchev–Trinajstić information content (AvgIpc) is 2.64. The van der Waals surface area contributed by atoms with Crippen LogP contribution >= 0.6 is 0 Å². The van der Waals surface area contributed by atoms with Gasteiger partial charge in [-0.2, -0.15) is 0 Å². The highest BCUT2D eigenvalue weighted by Gasteiger charge is 2.27. The van der Waals surface area contributed by atoms with Crippen molar-refractivity contribution in [3.05, 3.63) is 71.3 Å². The quantitative estimate of drug-likeness (QED) is 0.906. The average molecular weight is 344 g/mol. The Hall–Kier alpha value is -2.73. The number of hydrogen-bond donors (Lipinski definition) is 1. The number of fused-ring (bicyclic) bond motifs is 1. The third-order valence-electron chi connectivity index (χ3n) is 4.14. The number of carbonyl (C=O) groups is 1. The van der Waals surface area contributed by atoms with E-state index in [9.17, 15) is 13.6 Å². The van der Waals surface area contributed by atoms with Crippen LogP contribution in [0.25, 0.3) is 0 Å². The Bertz CT molecular complexity index is 821. The van der Waals surface area contributed by atoms with Crippen LogP contribution in [0.1, 0.15) is 15.9 Å². The van der Waals surface area contributed by atoms with E-state index in [1.54, 1.807) is 36.4 Å². The van der Waals surface area contributed by atoms with E-state index >= 15 is 0 Å². The number of hydrogen-bond acceptors (Lipinski definition) is 3. The first-order valence-corrected chi connectivity index (χ1v) is 7.94. The molecule has 2 aromatic rings. The summed E-state index contributed by atoms with van der Waals surface area (Å²) < 4.78 is 32.0. The second-order valence-electron chi connectivity index (χ2n) is 5.74. The van der Waals surface area contributed by atoms with Crippen molar-refractivity contribution in [2.45, 2.75) is 6.42 Å². The van der Waals surface area contributed by atoms with Crippen molar-refractivity contribution in [2.24, 2.45) is 5.73 Å². The summed E-state index contributed by atoms with van der Waals surface area (Å²) in [7, 11) is 0. The fraction of sp³-hybridized carbons (Fsp3) is 0.211. The zero-order chi connectivity index (χ0) is 17.8. The summed E-state index contributed by atoms with van der Waals surface area (Å²) in [5.41, 5.74) is 7.36. The molecule has 4 nitrogen and oxygen atoms in total. The summed E-state index contributed by atoms with van der Waals surface area (Å²) >= 11 is 0. The molecule has 130 valence electrons. The maximum absolute atomic E-state index is 14.0. The van der Waals surface area contributed by atoms with Gasteiger partial charge < -0.3 is 15.4 Å². The van der Waals surface area contributed by atoms with Crippen LogP contribution in [0.4, 0.5) is 14.5 Å². The van der Waals surface area contributed by atoms with Crippen LogP contribution in [0.15, 0.2) is 54.4 Å². The number of para-hydroxylation sites is 1. The van der Waals surface area contributed by atoms with Crippen molar-refractivity contribution < 1.29 is 18.3 Å². The van der Waals surface area contributed by atoms with Crippen molar-refractivity contribution in [1.29, 1.82) is 0 Å².